The van der Waals surface area contributed by atoms with E-state index in [0.29, 0.717) is 17.8 Å². The third-order valence-corrected chi connectivity index (χ3v) is 1.71. The Hall–Kier alpha value is -2.00. The van der Waals surface area contributed by atoms with E-state index in [1.807, 2.05) is 6.92 Å². The molecule has 1 N–H and O–H groups in total. The van der Waals surface area contributed by atoms with Gasteiger partial charge in [-0.05, 0) is 19.1 Å². The van der Waals surface area contributed by atoms with Crippen molar-refractivity contribution >= 4 is 5.82 Å². The molecule has 3 nitrogen and oxygen atoms in total. The Bertz CT molecular complexity index is 384. The van der Waals surface area contributed by atoms with Crippen LogP contribution in [0.4, 0.5) is 5.82 Å². The van der Waals surface area contributed by atoms with E-state index in [0.717, 1.165) is 0 Å². The number of hydrogen-bond donors (Lipinski definition) is 1. The summed E-state index contributed by atoms with van der Waals surface area (Å²) in [6.45, 7) is 1.97. The van der Waals surface area contributed by atoms with Crippen molar-refractivity contribution < 1.29 is 0 Å². The lowest BCUT2D eigenvalue weighted by molar-refractivity contribution is 0.821. The molecule has 70 valence electrons. The SMILES string of the molecule is C#CCC(C)Nc1cc(C#N)ccn1. The summed E-state index contributed by atoms with van der Waals surface area (Å²) in [5.74, 6) is 3.25. The monoisotopic (exact) mass is 185 g/mol. The zero-order valence-corrected chi connectivity index (χ0v) is 7.99. The fourth-order valence-electron chi connectivity index (χ4n) is 1.06. The maximum absolute atomic E-state index is 8.66. The van der Waals surface area contributed by atoms with E-state index in [1.165, 1.54) is 0 Å². The molecule has 0 amide bonds. The Morgan fingerprint density at radius 1 is 1.71 bits per heavy atom. The Kier molecular flexibility index (Phi) is 3.52. The molecule has 1 heterocycles. The van der Waals surface area contributed by atoms with Gasteiger partial charge in [0.25, 0.3) is 0 Å². The van der Waals surface area contributed by atoms with Crippen molar-refractivity contribution in [1.29, 1.82) is 5.26 Å². The number of terminal acetylenes is 1. The van der Waals surface area contributed by atoms with E-state index in [2.05, 4.69) is 22.3 Å². The predicted molar refractivity (Wildman–Crippen MR) is 55.5 cm³/mol. The number of anilines is 1. The second kappa shape index (κ2) is 4.89. The van der Waals surface area contributed by atoms with E-state index < -0.39 is 0 Å². The van der Waals surface area contributed by atoms with Crippen LogP contribution < -0.4 is 5.32 Å². The van der Waals surface area contributed by atoms with E-state index >= 15 is 0 Å². The first kappa shape index (κ1) is 10.1. The first-order valence-electron chi connectivity index (χ1n) is 4.32. The van der Waals surface area contributed by atoms with Gasteiger partial charge in [0, 0.05) is 18.7 Å². The average Bonchev–Trinajstić information content (AvgIpc) is 2.18. The van der Waals surface area contributed by atoms with E-state index in [9.17, 15) is 0 Å². The highest BCUT2D eigenvalue weighted by molar-refractivity contribution is 5.42. The zero-order chi connectivity index (χ0) is 10.4. The van der Waals surface area contributed by atoms with Crippen molar-refractivity contribution in [2.45, 2.75) is 19.4 Å². The van der Waals surface area contributed by atoms with Crippen LogP contribution in [0.3, 0.4) is 0 Å². The second-order valence-corrected chi connectivity index (χ2v) is 3.00. The van der Waals surface area contributed by atoms with Gasteiger partial charge in [-0.25, -0.2) is 4.98 Å². The van der Waals surface area contributed by atoms with Crippen LogP contribution >= 0.6 is 0 Å². The molecule has 3 heteroatoms. The summed E-state index contributed by atoms with van der Waals surface area (Å²) in [7, 11) is 0. The first-order valence-corrected chi connectivity index (χ1v) is 4.32. The number of nitrogens with zero attached hydrogens (tertiary/aromatic N) is 2. The van der Waals surface area contributed by atoms with E-state index in [4.69, 9.17) is 11.7 Å². The standard InChI is InChI=1S/C11H11N3/c1-3-4-9(2)14-11-7-10(8-12)5-6-13-11/h1,5-7,9H,4H2,2H3,(H,13,14). The molecule has 0 fully saturated rings. The quantitative estimate of drug-likeness (QED) is 0.730. The van der Waals surface area contributed by atoms with Crippen molar-refractivity contribution in [3.63, 3.8) is 0 Å². The van der Waals surface area contributed by atoms with Gasteiger partial charge in [-0.1, -0.05) is 0 Å². The number of rotatable bonds is 3. The van der Waals surface area contributed by atoms with Crippen molar-refractivity contribution in [3.8, 4) is 18.4 Å². The highest BCUT2D eigenvalue weighted by Crippen LogP contribution is 2.07. The molecule has 1 aromatic heterocycles. The molecule has 0 aliphatic heterocycles. The largest absolute Gasteiger partial charge is 0.367 e. The number of pyridine rings is 1. The Morgan fingerprint density at radius 3 is 3.14 bits per heavy atom. The average molecular weight is 185 g/mol. The molecule has 0 saturated carbocycles. The maximum Gasteiger partial charge on any atom is 0.127 e. The van der Waals surface area contributed by atoms with Gasteiger partial charge in [-0.2, -0.15) is 5.26 Å². The Labute approximate surface area is 83.8 Å². The van der Waals surface area contributed by atoms with Crippen LogP contribution in [-0.4, -0.2) is 11.0 Å². The lowest BCUT2D eigenvalue weighted by atomic mass is 10.2. The normalized spacial score (nSPS) is 11.1. The number of nitriles is 1. The van der Waals surface area contributed by atoms with Crippen LogP contribution in [0.15, 0.2) is 18.3 Å². The maximum atomic E-state index is 8.66. The van der Waals surface area contributed by atoms with Gasteiger partial charge < -0.3 is 5.32 Å². The van der Waals surface area contributed by atoms with Gasteiger partial charge >= 0.3 is 0 Å². The summed E-state index contributed by atoms with van der Waals surface area (Å²) in [6.07, 6.45) is 7.41. The van der Waals surface area contributed by atoms with Crippen molar-refractivity contribution in [1.82, 2.24) is 4.98 Å². The van der Waals surface area contributed by atoms with Crippen LogP contribution in [-0.2, 0) is 0 Å². The third-order valence-electron chi connectivity index (χ3n) is 1.71. The lowest BCUT2D eigenvalue weighted by Gasteiger charge is -2.10. The summed E-state index contributed by atoms with van der Waals surface area (Å²) in [5.41, 5.74) is 0.593. The number of aromatic nitrogens is 1. The molecular formula is C11H11N3. The molecule has 1 unspecified atom stereocenters. The molecule has 1 atom stereocenters. The fourth-order valence-corrected chi connectivity index (χ4v) is 1.06. The highest BCUT2D eigenvalue weighted by atomic mass is 15.0. The molecule has 1 aromatic rings. The highest BCUT2D eigenvalue weighted by Gasteiger charge is 2.01. The number of hydrogen-bond acceptors (Lipinski definition) is 3. The summed E-state index contributed by atoms with van der Waals surface area (Å²) in [4.78, 5) is 4.08. The summed E-state index contributed by atoms with van der Waals surface area (Å²) < 4.78 is 0. The topological polar surface area (TPSA) is 48.7 Å². The molecule has 0 aliphatic carbocycles. The van der Waals surface area contributed by atoms with Crippen LogP contribution in [0.2, 0.25) is 0 Å². The van der Waals surface area contributed by atoms with E-state index in [-0.39, 0.29) is 6.04 Å². The van der Waals surface area contributed by atoms with Crippen molar-refractivity contribution in [3.05, 3.63) is 23.9 Å². The van der Waals surface area contributed by atoms with Crippen LogP contribution in [0.5, 0.6) is 0 Å². The minimum Gasteiger partial charge on any atom is -0.367 e. The second-order valence-electron chi connectivity index (χ2n) is 3.00. The summed E-state index contributed by atoms with van der Waals surface area (Å²) >= 11 is 0. The van der Waals surface area contributed by atoms with Crippen LogP contribution in [0.1, 0.15) is 18.9 Å². The van der Waals surface area contributed by atoms with Crippen molar-refractivity contribution in [2.24, 2.45) is 0 Å². The summed E-state index contributed by atoms with van der Waals surface area (Å²) in [6, 6.07) is 5.59. The van der Waals surface area contributed by atoms with Gasteiger partial charge in [0.2, 0.25) is 0 Å². The van der Waals surface area contributed by atoms with Gasteiger partial charge in [-0.15, -0.1) is 12.3 Å². The first-order chi connectivity index (χ1) is 6.76. The Balaban J connectivity index is 2.69. The smallest absolute Gasteiger partial charge is 0.127 e. The molecule has 0 bridgehead atoms. The molecule has 1 rings (SSSR count). The zero-order valence-electron chi connectivity index (χ0n) is 7.99. The van der Waals surface area contributed by atoms with Gasteiger partial charge in [0.15, 0.2) is 0 Å². The van der Waals surface area contributed by atoms with Gasteiger partial charge in [0.1, 0.15) is 5.82 Å². The lowest BCUT2D eigenvalue weighted by Crippen LogP contribution is -2.14. The number of nitrogens with one attached hydrogen (secondary N) is 1. The minimum absolute atomic E-state index is 0.168. The fraction of sp³-hybridized carbons (Fsp3) is 0.273. The molecule has 0 aromatic carbocycles. The van der Waals surface area contributed by atoms with Gasteiger partial charge in [-0.3, -0.25) is 0 Å². The third kappa shape index (κ3) is 2.80. The summed E-state index contributed by atoms with van der Waals surface area (Å²) in [5, 5.41) is 11.8. The molecule has 0 saturated heterocycles. The van der Waals surface area contributed by atoms with E-state index in [1.54, 1.807) is 18.3 Å². The van der Waals surface area contributed by atoms with Crippen LogP contribution in [0.25, 0.3) is 0 Å². The molecule has 0 radical (unpaired) electrons. The minimum atomic E-state index is 0.168. The predicted octanol–water partition coefficient (Wildman–Crippen LogP) is 1.78. The Morgan fingerprint density at radius 2 is 2.50 bits per heavy atom. The van der Waals surface area contributed by atoms with Crippen molar-refractivity contribution in [2.75, 3.05) is 5.32 Å². The molecule has 0 aliphatic rings. The molecular weight excluding hydrogens is 174 g/mol. The van der Waals surface area contributed by atoms with Crippen LogP contribution in [0, 0.1) is 23.7 Å². The molecule has 14 heavy (non-hydrogen) atoms. The van der Waals surface area contributed by atoms with Gasteiger partial charge in [0.05, 0.1) is 11.6 Å². The molecule has 0 spiro atoms.